The summed E-state index contributed by atoms with van der Waals surface area (Å²) in [5, 5.41) is 12.0. The van der Waals surface area contributed by atoms with Crippen molar-refractivity contribution in [2.24, 2.45) is 0 Å². The molecule has 1 unspecified atom stereocenters. The molecule has 0 saturated carbocycles. The lowest BCUT2D eigenvalue weighted by atomic mass is 9.95. The van der Waals surface area contributed by atoms with Crippen LogP contribution in [0, 0.1) is 0 Å². The van der Waals surface area contributed by atoms with Crippen LogP contribution in [0.5, 0.6) is 5.75 Å². The van der Waals surface area contributed by atoms with Crippen molar-refractivity contribution in [2.45, 2.75) is 26.0 Å². The monoisotopic (exact) mass is 482 g/mol. The molecule has 0 saturated heterocycles. The highest BCUT2D eigenvalue weighted by molar-refractivity contribution is 6.31. The van der Waals surface area contributed by atoms with Crippen molar-refractivity contribution in [3.63, 3.8) is 0 Å². The fourth-order valence-electron chi connectivity index (χ4n) is 4.06. The Labute approximate surface area is 203 Å². The molecule has 0 fully saturated rings. The van der Waals surface area contributed by atoms with Gasteiger partial charge in [-0.25, -0.2) is 0 Å². The van der Waals surface area contributed by atoms with E-state index < -0.39 is 23.5 Å². The Balaban J connectivity index is 1.79. The Kier molecular flexibility index (Phi) is 6.68. The van der Waals surface area contributed by atoms with E-state index >= 15 is 0 Å². The molecule has 1 aliphatic heterocycles. The summed E-state index contributed by atoms with van der Waals surface area (Å²) >= 11 is 6.07. The summed E-state index contributed by atoms with van der Waals surface area (Å²) in [7, 11) is 3.79. The minimum atomic E-state index is -0.785. The number of likely N-dealkylation sites (N-methyl/N-ethyl adjacent to an activating group) is 1. The third kappa shape index (κ3) is 4.67. The van der Waals surface area contributed by atoms with E-state index in [-0.39, 0.29) is 17.4 Å². The zero-order valence-electron chi connectivity index (χ0n) is 19.5. The normalized spacial score (nSPS) is 16.4. The number of ether oxygens (including phenoxy) is 1. The molecule has 0 aliphatic carbocycles. The van der Waals surface area contributed by atoms with Gasteiger partial charge in [0.15, 0.2) is 11.5 Å². The topological polar surface area (TPSA) is 83.2 Å². The number of rotatable bonds is 8. The highest BCUT2D eigenvalue weighted by Gasteiger charge is 2.44. The molecule has 0 bridgehead atoms. The molecule has 7 nitrogen and oxygen atoms in total. The smallest absolute Gasteiger partial charge is 0.290 e. The first-order valence-corrected chi connectivity index (χ1v) is 11.4. The van der Waals surface area contributed by atoms with Crippen LogP contribution in [-0.2, 0) is 4.79 Å². The van der Waals surface area contributed by atoms with E-state index in [2.05, 4.69) is 0 Å². The summed E-state index contributed by atoms with van der Waals surface area (Å²) in [5.74, 6) is -1.07. The molecular formula is C26H27ClN2O5. The maximum Gasteiger partial charge on any atom is 0.290 e. The molecule has 0 spiro atoms. The average Bonchev–Trinajstić information content (AvgIpc) is 3.30. The number of Topliss-reactive ketones (excluding diaryl/α,β-unsaturated/α-hetero) is 1. The molecule has 1 amide bonds. The SMILES string of the molecule is CC(C)Oc1cccc(C2C(C(=O)c3cc4cc(Cl)ccc4o3)=C(O)C(=O)N2CCN(C)C)c1. The highest BCUT2D eigenvalue weighted by atomic mass is 35.5. The molecule has 1 aliphatic rings. The van der Waals surface area contributed by atoms with E-state index in [0.717, 1.165) is 0 Å². The quantitative estimate of drug-likeness (QED) is 0.454. The van der Waals surface area contributed by atoms with Gasteiger partial charge >= 0.3 is 0 Å². The van der Waals surface area contributed by atoms with Crippen LogP contribution in [0.4, 0.5) is 0 Å². The summed E-state index contributed by atoms with van der Waals surface area (Å²) < 4.78 is 11.6. The number of carbonyl (C=O) groups is 2. The molecule has 34 heavy (non-hydrogen) atoms. The predicted octanol–water partition coefficient (Wildman–Crippen LogP) is 5.01. The zero-order valence-corrected chi connectivity index (χ0v) is 20.3. The minimum Gasteiger partial charge on any atom is -0.503 e. The number of carbonyl (C=O) groups excluding carboxylic acids is 2. The number of aliphatic hydroxyl groups is 1. The van der Waals surface area contributed by atoms with Crippen molar-refractivity contribution in [2.75, 3.05) is 27.2 Å². The number of fused-ring (bicyclic) bond motifs is 1. The summed E-state index contributed by atoms with van der Waals surface area (Å²) in [6.45, 7) is 4.72. The first-order chi connectivity index (χ1) is 16.2. The molecule has 8 heteroatoms. The van der Waals surface area contributed by atoms with Crippen LogP contribution in [0.1, 0.15) is 36.0 Å². The Morgan fingerprint density at radius 1 is 1.21 bits per heavy atom. The Bertz CT molecular complexity index is 1280. The van der Waals surface area contributed by atoms with Gasteiger partial charge in [0.25, 0.3) is 5.91 Å². The second kappa shape index (κ2) is 9.52. The number of amides is 1. The largest absolute Gasteiger partial charge is 0.503 e. The Hall–Kier alpha value is -3.29. The molecule has 2 aromatic carbocycles. The maximum atomic E-state index is 13.6. The third-order valence-electron chi connectivity index (χ3n) is 5.58. The van der Waals surface area contributed by atoms with Gasteiger partial charge in [0.1, 0.15) is 11.3 Å². The van der Waals surface area contributed by atoms with E-state index in [1.165, 1.54) is 4.90 Å². The van der Waals surface area contributed by atoms with E-state index in [1.54, 1.807) is 30.3 Å². The fourth-order valence-corrected chi connectivity index (χ4v) is 4.24. The van der Waals surface area contributed by atoms with E-state index in [0.29, 0.717) is 40.4 Å². The van der Waals surface area contributed by atoms with Crippen LogP contribution in [0.15, 0.2) is 64.3 Å². The van der Waals surface area contributed by atoms with E-state index in [9.17, 15) is 14.7 Å². The van der Waals surface area contributed by atoms with Gasteiger partial charge < -0.3 is 24.1 Å². The number of halogens is 1. The average molecular weight is 483 g/mol. The summed E-state index contributed by atoms with van der Waals surface area (Å²) in [6, 6.07) is 13.1. The van der Waals surface area contributed by atoms with Gasteiger partial charge in [-0.15, -0.1) is 0 Å². The van der Waals surface area contributed by atoms with Gasteiger partial charge in [-0.1, -0.05) is 23.7 Å². The van der Waals surface area contributed by atoms with Crippen LogP contribution in [0.2, 0.25) is 5.02 Å². The van der Waals surface area contributed by atoms with Crippen molar-refractivity contribution in [1.82, 2.24) is 9.80 Å². The first kappa shape index (κ1) is 23.9. The van der Waals surface area contributed by atoms with Crippen molar-refractivity contribution in [1.29, 1.82) is 0 Å². The molecule has 1 atom stereocenters. The van der Waals surface area contributed by atoms with Gasteiger partial charge in [0.05, 0.1) is 17.7 Å². The number of ketones is 1. The summed E-state index contributed by atoms with van der Waals surface area (Å²) in [6.07, 6.45) is -0.0438. The van der Waals surface area contributed by atoms with Gasteiger partial charge in [-0.05, 0) is 69.9 Å². The van der Waals surface area contributed by atoms with Crippen molar-refractivity contribution in [3.05, 3.63) is 76.2 Å². The zero-order chi connectivity index (χ0) is 24.6. The molecule has 1 N–H and O–H groups in total. The van der Waals surface area contributed by atoms with Gasteiger partial charge in [-0.3, -0.25) is 9.59 Å². The van der Waals surface area contributed by atoms with Crippen molar-refractivity contribution in [3.8, 4) is 5.75 Å². The predicted molar refractivity (Wildman–Crippen MR) is 130 cm³/mol. The minimum absolute atomic E-state index is 0.0180. The van der Waals surface area contributed by atoms with E-state index in [4.69, 9.17) is 20.8 Å². The number of furan rings is 1. The molecule has 4 rings (SSSR count). The van der Waals surface area contributed by atoms with Gasteiger partial charge in [0, 0.05) is 23.5 Å². The molecule has 2 heterocycles. The lowest BCUT2D eigenvalue weighted by molar-refractivity contribution is -0.129. The van der Waals surface area contributed by atoms with Crippen LogP contribution in [-0.4, -0.2) is 59.9 Å². The summed E-state index contributed by atoms with van der Waals surface area (Å²) in [5.41, 5.74) is 1.14. The number of benzene rings is 2. The third-order valence-corrected chi connectivity index (χ3v) is 5.82. The summed E-state index contributed by atoms with van der Waals surface area (Å²) in [4.78, 5) is 30.2. The lowest BCUT2D eigenvalue weighted by Crippen LogP contribution is -2.36. The van der Waals surface area contributed by atoms with E-state index in [1.807, 2.05) is 51.0 Å². The van der Waals surface area contributed by atoms with Gasteiger partial charge in [-0.2, -0.15) is 0 Å². The second-order valence-electron chi connectivity index (χ2n) is 8.83. The Morgan fingerprint density at radius 2 is 1.97 bits per heavy atom. The number of aliphatic hydroxyl groups excluding tert-OH is 1. The van der Waals surface area contributed by atoms with Crippen molar-refractivity contribution < 1.29 is 23.8 Å². The van der Waals surface area contributed by atoms with Crippen LogP contribution in [0.25, 0.3) is 11.0 Å². The molecule has 1 aromatic heterocycles. The maximum absolute atomic E-state index is 13.6. The highest BCUT2D eigenvalue weighted by Crippen LogP contribution is 2.40. The van der Waals surface area contributed by atoms with Crippen LogP contribution in [0.3, 0.4) is 0 Å². The standard InChI is InChI=1S/C26H27ClN2O5/c1-15(2)33-19-7-5-6-16(13-19)23-22(25(31)26(32)29(23)11-10-28(3)4)24(30)21-14-17-12-18(27)8-9-20(17)34-21/h5-9,12-15,23,31H,10-11H2,1-4H3. The number of hydrogen-bond donors (Lipinski definition) is 1. The van der Waals surface area contributed by atoms with Gasteiger partial charge in [0.2, 0.25) is 5.78 Å². The first-order valence-electron chi connectivity index (χ1n) is 11.0. The Morgan fingerprint density at radius 3 is 2.68 bits per heavy atom. The molecular weight excluding hydrogens is 456 g/mol. The second-order valence-corrected chi connectivity index (χ2v) is 9.26. The molecule has 178 valence electrons. The molecule has 0 radical (unpaired) electrons. The van der Waals surface area contributed by atoms with Crippen LogP contribution < -0.4 is 4.74 Å². The van der Waals surface area contributed by atoms with Crippen LogP contribution >= 0.6 is 11.6 Å². The fraction of sp³-hybridized carbons (Fsp3) is 0.308. The number of hydrogen-bond acceptors (Lipinski definition) is 6. The molecule has 3 aromatic rings. The van der Waals surface area contributed by atoms with Crippen molar-refractivity contribution >= 4 is 34.3 Å². The number of nitrogens with zero attached hydrogens (tertiary/aromatic N) is 2. The lowest BCUT2D eigenvalue weighted by Gasteiger charge is -2.28.